The molecule has 3 aromatic rings. The van der Waals surface area contributed by atoms with Gasteiger partial charge in [-0.05, 0) is 43.2 Å². The van der Waals surface area contributed by atoms with Crippen molar-refractivity contribution in [3.05, 3.63) is 50.1 Å². The first kappa shape index (κ1) is 23.0. The lowest BCUT2D eigenvalue weighted by atomic mass is 9.97. The first-order valence-electron chi connectivity index (χ1n) is 9.21. The number of carbonyl (C=O) groups is 1. The third-order valence-electron chi connectivity index (χ3n) is 4.91. The molecule has 1 aliphatic heterocycles. The first-order valence-corrected chi connectivity index (χ1v) is 13.5. The highest BCUT2D eigenvalue weighted by molar-refractivity contribution is 7.91. The van der Waals surface area contributed by atoms with Crippen LogP contribution in [0.25, 0.3) is 11.3 Å². The minimum atomic E-state index is -3.58. The molecule has 1 saturated heterocycles. The van der Waals surface area contributed by atoms with E-state index in [1.54, 1.807) is 24.3 Å². The third kappa shape index (κ3) is 5.08. The van der Waals surface area contributed by atoms with Crippen LogP contribution in [-0.4, -0.2) is 36.7 Å². The van der Waals surface area contributed by atoms with Gasteiger partial charge in [0.15, 0.2) is 5.13 Å². The van der Waals surface area contributed by atoms with Crippen molar-refractivity contribution in [2.24, 2.45) is 5.92 Å². The monoisotopic (exact) mass is 535 g/mol. The quantitative estimate of drug-likeness (QED) is 0.442. The largest absolute Gasteiger partial charge is 0.302 e. The molecule has 0 bridgehead atoms. The fraction of sp³-hybridized carbons (Fsp3) is 0.263. The van der Waals surface area contributed by atoms with E-state index in [0.29, 0.717) is 38.0 Å². The van der Waals surface area contributed by atoms with Gasteiger partial charge in [0.2, 0.25) is 5.91 Å². The van der Waals surface area contributed by atoms with Gasteiger partial charge in [0, 0.05) is 35.0 Å². The number of sulfonamides is 1. The third-order valence-corrected chi connectivity index (χ3v) is 9.81. The van der Waals surface area contributed by atoms with Crippen LogP contribution in [0.1, 0.15) is 12.8 Å². The summed E-state index contributed by atoms with van der Waals surface area (Å²) in [7, 11) is -3.58. The minimum Gasteiger partial charge on any atom is -0.302 e. The van der Waals surface area contributed by atoms with Crippen molar-refractivity contribution in [2.45, 2.75) is 17.1 Å². The van der Waals surface area contributed by atoms with E-state index in [1.807, 2.05) is 5.38 Å². The first-order chi connectivity index (χ1) is 14.7. The Morgan fingerprint density at radius 3 is 2.52 bits per heavy atom. The van der Waals surface area contributed by atoms with Gasteiger partial charge >= 0.3 is 0 Å². The van der Waals surface area contributed by atoms with Crippen molar-refractivity contribution in [1.29, 1.82) is 0 Å². The Labute approximate surface area is 202 Å². The highest BCUT2D eigenvalue weighted by Gasteiger charge is 2.33. The van der Waals surface area contributed by atoms with Gasteiger partial charge in [0.05, 0.1) is 15.1 Å². The number of carbonyl (C=O) groups excluding carboxylic acids is 1. The molecule has 0 radical (unpaired) electrons. The molecule has 0 unspecified atom stereocenters. The number of thiazole rings is 1. The van der Waals surface area contributed by atoms with Gasteiger partial charge in [0.1, 0.15) is 4.21 Å². The lowest BCUT2D eigenvalue weighted by molar-refractivity contribution is -0.120. The van der Waals surface area contributed by atoms with Crippen molar-refractivity contribution < 1.29 is 13.2 Å². The predicted molar refractivity (Wildman–Crippen MR) is 127 cm³/mol. The number of nitrogens with one attached hydrogen (secondary N) is 1. The zero-order chi connectivity index (χ0) is 22.2. The fourth-order valence-corrected chi connectivity index (χ4v) is 7.61. The molecule has 2 aromatic heterocycles. The standard InChI is InChI=1S/C19H16Cl3N3O3S3/c20-12-1-2-13(14(21)9-12)15-10-29-19(23-15)24-18(26)11-5-7-25(8-6-11)31(27,28)17-4-3-16(22)30-17/h1-4,9-11H,5-8H2,(H,23,24,26). The highest BCUT2D eigenvalue weighted by atomic mass is 35.5. The number of amides is 1. The SMILES string of the molecule is O=C(Nc1nc(-c2ccc(Cl)cc2Cl)cs1)C1CCN(S(=O)(=O)c2ccc(Cl)s2)CC1. The molecule has 4 rings (SSSR count). The van der Waals surface area contributed by atoms with Gasteiger partial charge in [-0.2, -0.15) is 4.31 Å². The molecule has 0 spiro atoms. The number of rotatable bonds is 5. The minimum absolute atomic E-state index is 0.167. The Kier molecular flexibility index (Phi) is 6.93. The van der Waals surface area contributed by atoms with Crippen molar-refractivity contribution in [3.63, 3.8) is 0 Å². The Bertz CT molecular complexity index is 1220. The Hall–Kier alpha value is -1.20. The molecule has 1 aromatic carbocycles. The van der Waals surface area contributed by atoms with Crippen LogP contribution in [0.15, 0.2) is 39.9 Å². The summed E-state index contributed by atoms with van der Waals surface area (Å²) < 4.78 is 27.5. The molecule has 0 saturated carbocycles. The second kappa shape index (κ2) is 9.35. The molecule has 1 amide bonds. The van der Waals surface area contributed by atoms with Gasteiger partial charge in [-0.15, -0.1) is 22.7 Å². The molecule has 1 fully saturated rings. The van der Waals surface area contributed by atoms with Crippen LogP contribution in [0.5, 0.6) is 0 Å². The van der Waals surface area contributed by atoms with Gasteiger partial charge in [0.25, 0.3) is 10.0 Å². The van der Waals surface area contributed by atoms with Crippen molar-refractivity contribution in [2.75, 3.05) is 18.4 Å². The average molecular weight is 537 g/mol. The molecule has 1 N–H and O–H groups in total. The Balaban J connectivity index is 1.37. The van der Waals surface area contributed by atoms with Crippen LogP contribution in [-0.2, 0) is 14.8 Å². The number of halogens is 3. The van der Waals surface area contributed by atoms with Crippen molar-refractivity contribution in [3.8, 4) is 11.3 Å². The summed E-state index contributed by atoms with van der Waals surface area (Å²) >= 11 is 20.4. The van der Waals surface area contributed by atoms with Crippen molar-refractivity contribution >= 4 is 78.5 Å². The van der Waals surface area contributed by atoms with Gasteiger partial charge in [-0.1, -0.05) is 34.8 Å². The van der Waals surface area contributed by atoms with Crippen LogP contribution in [0.4, 0.5) is 5.13 Å². The second-order valence-corrected chi connectivity index (χ2v) is 12.5. The average Bonchev–Trinajstić information content (AvgIpc) is 3.37. The molecule has 3 heterocycles. The second-order valence-electron chi connectivity index (χ2n) is 6.89. The highest BCUT2D eigenvalue weighted by Crippen LogP contribution is 2.33. The smallest absolute Gasteiger partial charge is 0.252 e. The number of piperidine rings is 1. The summed E-state index contributed by atoms with van der Waals surface area (Å²) in [4.78, 5) is 17.1. The summed E-state index contributed by atoms with van der Waals surface area (Å²) in [6.07, 6.45) is 0.872. The summed E-state index contributed by atoms with van der Waals surface area (Å²) in [5, 5.41) is 6.13. The molecule has 0 aliphatic carbocycles. The van der Waals surface area contributed by atoms with Gasteiger partial charge < -0.3 is 5.32 Å². The molecule has 1 aliphatic rings. The van der Waals surface area contributed by atoms with E-state index in [-0.39, 0.29) is 29.1 Å². The molecular formula is C19H16Cl3N3O3S3. The van der Waals surface area contributed by atoms with E-state index in [2.05, 4.69) is 10.3 Å². The van der Waals surface area contributed by atoms with Crippen LogP contribution in [0, 0.1) is 5.92 Å². The lowest BCUT2D eigenvalue weighted by Crippen LogP contribution is -2.41. The number of hydrogen-bond acceptors (Lipinski definition) is 6. The number of nitrogens with zero attached hydrogens (tertiary/aromatic N) is 2. The molecule has 12 heteroatoms. The summed E-state index contributed by atoms with van der Waals surface area (Å²) in [5.74, 6) is -0.454. The van der Waals surface area contributed by atoms with E-state index in [4.69, 9.17) is 34.8 Å². The molecule has 6 nitrogen and oxygen atoms in total. The van der Waals surface area contributed by atoms with Crippen molar-refractivity contribution in [1.82, 2.24) is 9.29 Å². The van der Waals surface area contributed by atoms with E-state index in [9.17, 15) is 13.2 Å². The predicted octanol–water partition coefficient (Wildman–Crippen LogP) is 5.87. The topological polar surface area (TPSA) is 79.4 Å². The molecule has 0 atom stereocenters. The fourth-order valence-electron chi connectivity index (χ4n) is 3.28. The molecular weight excluding hydrogens is 521 g/mol. The summed E-state index contributed by atoms with van der Waals surface area (Å²) in [6.45, 7) is 0.554. The normalized spacial score (nSPS) is 15.8. The zero-order valence-electron chi connectivity index (χ0n) is 15.8. The maximum atomic E-state index is 12.7. The van der Waals surface area contributed by atoms with Gasteiger partial charge in [-0.25, -0.2) is 13.4 Å². The van der Waals surface area contributed by atoms with Crippen LogP contribution in [0.3, 0.4) is 0 Å². The number of benzene rings is 1. The van der Waals surface area contributed by atoms with E-state index < -0.39 is 10.0 Å². The van der Waals surface area contributed by atoms with Crippen LogP contribution >= 0.6 is 57.5 Å². The zero-order valence-corrected chi connectivity index (χ0v) is 20.6. The maximum Gasteiger partial charge on any atom is 0.252 e. The van der Waals surface area contributed by atoms with Gasteiger partial charge in [-0.3, -0.25) is 4.79 Å². The molecule has 164 valence electrons. The number of hydrogen-bond donors (Lipinski definition) is 1. The Morgan fingerprint density at radius 2 is 1.87 bits per heavy atom. The number of thiophene rings is 1. The summed E-state index contributed by atoms with van der Waals surface area (Å²) in [6, 6.07) is 8.23. The summed E-state index contributed by atoms with van der Waals surface area (Å²) in [5.41, 5.74) is 1.38. The van der Waals surface area contributed by atoms with E-state index in [1.165, 1.54) is 21.7 Å². The molecule has 31 heavy (non-hydrogen) atoms. The van der Waals surface area contributed by atoms with E-state index >= 15 is 0 Å². The lowest BCUT2D eigenvalue weighted by Gasteiger charge is -2.29. The van der Waals surface area contributed by atoms with Crippen LogP contribution in [0.2, 0.25) is 14.4 Å². The number of anilines is 1. The van der Waals surface area contributed by atoms with E-state index in [0.717, 1.165) is 16.9 Å². The number of aromatic nitrogens is 1. The van der Waals surface area contributed by atoms with Crippen LogP contribution < -0.4 is 5.32 Å². The maximum absolute atomic E-state index is 12.7. The Morgan fingerprint density at radius 1 is 1.13 bits per heavy atom.